The van der Waals surface area contributed by atoms with Gasteiger partial charge in [0.1, 0.15) is 10.5 Å². The quantitative estimate of drug-likeness (QED) is 0.789. The van der Waals surface area contributed by atoms with E-state index in [2.05, 4.69) is 4.98 Å². The number of nitrogens with zero attached hydrogens (tertiary/aromatic N) is 2. The van der Waals surface area contributed by atoms with Gasteiger partial charge in [-0.05, 0) is 40.5 Å². The Morgan fingerprint density at radius 3 is 2.83 bits per heavy atom. The van der Waals surface area contributed by atoms with E-state index in [1.54, 1.807) is 18.0 Å². The van der Waals surface area contributed by atoms with Crippen LogP contribution in [0, 0.1) is 0 Å². The first-order valence-corrected chi connectivity index (χ1v) is 8.72. The van der Waals surface area contributed by atoms with Crippen LogP contribution in [0.2, 0.25) is 0 Å². The van der Waals surface area contributed by atoms with Gasteiger partial charge in [-0.1, -0.05) is 0 Å². The van der Waals surface area contributed by atoms with Crippen LogP contribution in [-0.2, 0) is 9.47 Å². The number of esters is 1. The number of aromatic nitrogens is 1. The molecule has 0 radical (unpaired) electrons. The molecule has 1 aromatic rings. The summed E-state index contributed by atoms with van der Waals surface area (Å²) in [6.45, 7) is 8.98. The van der Waals surface area contributed by atoms with E-state index in [0.29, 0.717) is 24.6 Å². The molecule has 0 N–H and O–H groups in total. The number of carbonyl (C=O) groups excluding carboxylic acids is 2. The molecule has 1 aliphatic rings. The van der Waals surface area contributed by atoms with Crippen LogP contribution in [0.25, 0.3) is 0 Å². The maximum absolute atomic E-state index is 12.2. The van der Waals surface area contributed by atoms with Crippen LogP contribution in [0.3, 0.4) is 0 Å². The fraction of sp³-hybridized carbons (Fsp3) is 0.688. The fourth-order valence-electron chi connectivity index (χ4n) is 2.44. The first kappa shape index (κ1) is 17.7. The van der Waals surface area contributed by atoms with Gasteiger partial charge in [-0.3, -0.25) is 0 Å². The Balaban J connectivity index is 2.01. The molecule has 23 heavy (non-hydrogen) atoms. The molecule has 1 saturated heterocycles. The Labute approximate surface area is 140 Å². The summed E-state index contributed by atoms with van der Waals surface area (Å²) in [5, 5.41) is 0.876. The molecule has 0 aliphatic carbocycles. The average Bonchev–Trinajstić information content (AvgIpc) is 2.96. The molecule has 7 heteroatoms. The summed E-state index contributed by atoms with van der Waals surface area (Å²) >= 11 is 1.35. The van der Waals surface area contributed by atoms with E-state index < -0.39 is 5.60 Å². The lowest BCUT2D eigenvalue weighted by Gasteiger charge is -2.33. The van der Waals surface area contributed by atoms with E-state index in [-0.39, 0.29) is 18.0 Å². The minimum absolute atomic E-state index is 0.143. The minimum Gasteiger partial charge on any atom is -0.462 e. The summed E-state index contributed by atoms with van der Waals surface area (Å²) in [6.07, 6.45) is 3.13. The van der Waals surface area contributed by atoms with Crippen molar-refractivity contribution >= 4 is 23.4 Å². The van der Waals surface area contributed by atoms with Crippen molar-refractivity contribution < 1.29 is 19.1 Å². The zero-order valence-corrected chi connectivity index (χ0v) is 14.9. The van der Waals surface area contributed by atoms with Gasteiger partial charge in [-0.2, -0.15) is 0 Å². The lowest BCUT2D eigenvalue weighted by molar-refractivity contribution is 0.0198. The Hall–Kier alpha value is -1.63. The molecule has 1 atom stereocenters. The Kier molecular flexibility index (Phi) is 5.62. The Morgan fingerprint density at radius 1 is 1.43 bits per heavy atom. The van der Waals surface area contributed by atoms with Gasteiger partial charge in [-0.25, -0.2) is 14.6 Å². The molecule has 1 aromatic heterocycles. The zero-order chi connectivity index (χ0) is 17.0. The standard InChI is InChI=1S/C16H24N2O4S/c1-5-21-14(19)12-9-17-13(23-12)11-7-6-8-18(10-11)15(20)22-16(2,3)4/h9,11H,5-8,10H2,1-4H3. The summed E-state index contributed by atoms with van der Waals surface area (Å²) in [5.41, 5.74) is -0.498. The highest BCUT2D eigenvalue weighted by Crippen LogP contribution is 2.31. The Morgan fingerprint density at radius 2 is 2.17 bits per heavy atom. The van der Waals surface area contributed by atoms with Crippen LogP contribution in [0.15, 0.2) is 6.20 Å². The molecule has 2 rings (SSSR count). The van der Waals surface area contributed by atoms with Gasteiger partial charge in [0.05, 0.1) is 17.8 Å². The molecule has 1 amide bonds. The molecule has 0 spiro atoms. The number of likely N-dealkylation sites (tertiary alicyclic amines) is 1. The van der Waals surface area contributed by atoms with Gasteiger partial charge in [-0.15, -0.1) is 11.3 Å². The molecule has 6 nitrogen and oxygen atoms in total. The number of piperidine rings is 1. The van der Waals surface area contributed by atoms with Crippen molar-refractivity contribution in [2.75, 3.05) is 19.7 Å². The van der Waals surface area contributed by atoms with E-state index in [1.807, 2.05) is 20.8 Å². The predicted molar refractivity (Wildman–Crippen MR) is 87.9 cm³/mol. The average molecular weight is 340 g/mol. The van der Waals surface area contributed by atoms with Crippen molar-refractivity contribution in [3.63, 3.8) is 0 Å². The van der Waals surface area contributed by atoms with Crippen molar-refractivity contribution in [1.29, 1.82) is 0 Å². The van der Waals surface area contributed by atoms with Crippen LogP contribution in [-0.4, -0.2) is 47.2 Å². The number of rotatable bonds is 3. The molecule has 2 heterocycles. The second-order valence-electron chi connectivity index (χ2n) is 6.55. The van der Waals surface area contributed by atoms with Crippen LogP contribution < -0.4 is 0 Å². The zero-order valence-electron chi connectivity index (χ0n) is 14.1. The van der Waals surface area contributed by atoms with Crippen LogP contribution in [0.1, 0.15) is 61.1 Å². The highest BCUT2D eigenvalue weighted by Gasteiger charge is 2.30. The number of ether oxygens (including phenoxy) is 2. The molecule has 0 saturated carbocycles. The minimum atomic E-state index is -0.498. The molecule has 128 valence electrons. The smallest absolute Gasteiger partial charge is 0.410 e. The van der Waals surface area contributed by atoms with Crippen LogP contribution in [0.5, 0.6) is 0 Å². The lowest BCUT2D eigenvalue weighted by Crippen LogP contribution is -2.42. The number of thiazole rings is 1. The fourth-order valence-corrected chi connectivity index (χ4v) is 3.38. The normalized spacial score (nSPS) is 18.6. The van der Waals surface area contributed by atoms with Crippen LogP contribution in [0.4, 0.5) is 4.79 Å². The third kappa shape index (κ3) is 4.92. The second kappa shape index (κ2) is 7.29. The van der Waals surface area contributed by atoms with E-state index >= 15 is 0 Å². The summed E-state index contributed by atoms with van der Waals surface area (Å²) in [7, 11) is 0. The molecule has 1 unspecified atom stereocenters. The van der Waals surface area contributed by atoms with Gasteiger partial charge in [0.15, 0.2) is 0 Å². The van der Waals surface area contributed by atoms with Crippen molar-refractivity contribution in [3.05, 3.63) is 16.1 Å². The highest BCUT2D eigenvalue weighted by atomic mass is 32.1. The molecule has 0 bridgehead atoms. The third-order valence-corrected chi connectivity index (χ3v) is 4.56. The van der Waals surface area contributed by atoms with Crippen LogP contribution >= 0.6 is 11.3 Å². The maximum atomic E-state index is 12.2. The van der Waals surface area contributed by atoms with Gasteiger partial charge >= 0.3 is 12.1 Å². The molecular weight excluding hydrogens is 316 g/mol. The topological polar surface area (TPSA) is 68.7 Å². The van der Waals surface area contributed by atoms with Crippen molar-refractivity contribution in [2.45, 2.75) is 52.1 Å². The largest absolute Gasteiger partial charge is 0.462 e. The molecule has 1 fully saturated rings. The van der Waals surface area contributed by atoms with Gasteiger partial charge in [0.25, 0.3) is 0 Å². The summed E-state index contributed by atoms with van der Waals surface area (Å²) in [6, 6.07) is 0. The molecular formula is C16H24N2O4S. The number of hydrogen-bond donors (Lipinski definition) is 0. The van der Waals surface area contributed by atoms with Crippen molar-refractivity contribution in [1.82, 2.24) is 9.88 Å². The van der Waals surface area contributed by atoms with Gasteiger partial charge in [0.2, 0.25) is 0 Å². The highest BCUT2D eigenvalue weighted by molar-refractivity contribution is 7.13. The summed E-state index contributed by atoms with van der Waals surface area (Å²) in [5.74, 6) is -0.194. The van der Waals surface area contributed by atoms with E-state index in [9.17, 15) is 9.59 Å². The molecule has 1 aliphatic heterocycles. The predicted octanol–water partition coefficient (Wildman–Crippen LogP) is 3.43. The van der Waals surface area contributed by atoms with Gasteiger partial charge in [0, 0.05) is 19.0 Å². The third-order valence-electron chi connectivity index (χ3n) is 3.42. The number of hydrogen-bond acceptors (Lipinski definition) is 6. The van der Waals surface area contributed by atoms with E-state index in [0.717, 1.165) is 17.8 Å². The number of carbonyl (C=O) groups is 2. The monoisotopic (exact) mass is 340 g/mol. The second-order valence-corrected chi connectivity index (χ2v) is 7.61. The first-order chi connectivity index (χ1) is 10.8. The van der Waals surface area contributed by atoms with Crippen molar-refractivity contribution in [3.8, 4) is 0 Å². The summed E-state index contributed by atoms with van der Waals surface area (Å²) < 4.78 is 10.4. The maximum Gasteiger partial charge on any atom is 0.410 e. The van der Waals surface area contributed by atoms with E-state index in [1.165, 1.54) is 11.3 Å². The SMILES string of the molecule is CCOC(=O)c1cnc(C2CCCN(C(=O)OC(C)(C)C)C2)s1. The Bertz CT molecular complexity index is 565. The lowest BCUT2D eigenvalue weighted by atomic mass is 9.99. The first-order valence-electron chi connectivity index (χ1n) is 7.91. The van der Waals surface area contributed by atoms with E-state index in [4.69, 9.17) is 9.47 Å². The molecule has 0 aromatic carbocycles. The van der Waals surface area contributed by atoms with Gasteiger partial charge < -0.3 is 14.4 Å². The summed E-state index contributed by atoms with van der Waals surface area (Å²) in [4.78, 5) is 30.5. The van der Waals surface area contributed by atoms with Crippen molar-refractivity contribution in [2.24, 2.45) is 0 Å². The number of amides is 1.